The summed E-state index contributed by atoms with van der Waals surface area (Å²) in [5, 5.41) is 0. The van der Waals surface area contributed by atoms with E-state index in [1.54, 1.807) is 6.92 Å². The van der Waals surface area contributed by atoms with E-state index in [4.69, 9.17) is 12.2 Å². The fourth-order valence-electron chi connectivity index (χ4n) is 1.75. The van der Waals surface area contributed by atoms with Crippen molar-refractivity contribution >= 4 is 28.1 Å². The molecular formula is C13H11BrF2N2S. The highest BCUT2D eigenvalue weighted by Gasteiger charge is 2.18. The number of nitrogens with zero attached hydrogens (tertiary/aromatic N) is 1. The van der Waals surface area contributed by atoms with Gasteiger partial charge in [-0.2, -0.15) is 0 Å². The van der Waals surface area contributed by atoms with Gasteiger partial charge in [-0.3, -0.25) is 0 Å². The monoisotopic (exact) mass is 344 g/mol. The minimum absolute atomic E-state index is 0.116. The van der Waals surface area contributed by atoms with Crippen LogP contribution in [0.4, 0.5) is 8.78 Å². The van der Waals surface area contributed by atoms with Gasteiger partial charge in [-0.25, -0.2) is 13.8 Å². The number of hydrogen-bond acceptors (Lipinski definition) is 2. The van der Waals surface area contributed by atoms with Crippen LogP contribution in [0, 0.1) is 23.2 Å². The smallest absolute Gasteiger partial charge is 0.149 e. The molecule has 1 N–H and O–H groups in total. The summed E-state index contributed by atoms with van der Waals surface area (Å²) in [6.07, 6.45) is 0.605. The fourth-order valence-corrected chi connectivity index (χ4v) is 2.30. The van der Waals surface area contributed by atoms with E-state index in [0.717, 1.165) is 0 Å². The molecule has 0 unspecified atom stereocenters. The van der Waals surface area contributed by atoms with Crippen molar-refractivity contribution in [1.29, 1.82) is 0 Å². The standard InChI is InChI=1S/C13H11BrF2N2S/c1-3-9-17-12(6(2)13(19)18-9)10-8(15)5-4-7(14)11(10)16/h4-5H,3H2,1-2H3,(H,17,18,19). The Morgan fingerprint density at radius 1 is 1.37 bits per heavy atom. The minimum atomic E-state index is -0.651. The van der Waals surface area contributed by atoms with Crippen molar-refractivity contribution in [1.82, 2.24) is 9.97 Å². The van der Waals surface area contributed by atoms with Crippen molar-refractivity contribution in [3.8, 4) is 11.3 Å². The molecule has 0 aliphatic rings. The lowest BCUT2D eigenvalue weighted by Crippen LogP contribution is -2.02. The van der Waals surface area contributed by atoms with Gasteiger partial charge in [0.15, 0.2) is 0 Å². The maximum absolute atomic E-state index is 14.1. The molecule has 0 aliphatic carbocycles. The number of halogens is 3. The Bertz CT molecular complexity index is 698. The molecule has 0 aliphatic heterocycles. The quantitative estimate of drug-likeness (QED) is 0.630. The lowest BCUT2D eigenvalue weighted by Gasteiger charge is -2.11. The van der Waals surface area contributed by atoms with Gasteiger partial charge < -0.3 is 4.98 Å². The van der Waals surface area contributed by atoms with Gasteiger partial charge in [-0.1, -0.05) is 19.1 Å². The third-order valence-electron chi connectivity index (χ3n) is 2.83. The molecule has 1 heterocycles. The molecule has 1 aromatic carbocycles. The molecule has 0 radical (unpaired) electrons. The number of hydrogen-bond donors (Lipinski definition) is 1. The van der Waals surface area contributed by atoms with Crippen LogP contribution in [-0.2, 0) is 6.42 Å². The molecule has 1 aromatic heterocycles. The largest absolute Gasteiger partial charge is 0.343 e. The van der Waals surface area contributed by atoms with Crippen LogP contribution >= 0.6 is 28.1 Å². The lowest BCUT2D eigenvalue weighted by atomic mass is 10.1. The molecule has 0 atom stereocenters. The summed E-state index contributed by atoms with van der Waals surface area (Å²) in [5.74, 6) is -0.686. The highest BCUT2D eigenvalue weighted by molar-refractivity contribution is 9.10. The number of nitrogens with one attached hydrogen (secondary N) is 1. The van der Waals surface area contributed by atoms with Gasteiger partial charge in [0.25, 0.3) is 0 Å². The molecule has 0 saturated heterocycles. The van der Waals surface area contributed by atoms with Crippen LogP contribution < -0.4 is 0 Å². The van der Waals surface area contributed by atoms with Gasteiger partial charge in [-0.15, -0.1) is 0 Å². The first-order valence-corrected chi connectivity index (χ1v) is 6.89. The maximum Gasteiger partial charge on any atom is 0.149 e. The topological polar surface area (TPSA) is 28.7 Å². The first-order chi connectivity index (χ1) is 8.95. The van der Waals surface area contributed by atoms with Crippen molar-refractivity contribution in [3.05, 3.63) is 44.3 Å². The SMILES string of the molecule is CCc1nc(=S)c(C)c(-c2c(F)ccc(Br)c2F)[nH]1. The average molecular weight is 345 g/mol. The fraction of sp³-hybridized carbons (Fsp3) is 0.231. The zero-order valence-electron chi connectivity index (χ0n) is 10.4. The molecule has 0 amide bonds. The van der Waals surface area contributed by atoms with E-state index in [2.05, 4.69) is 25.9 Å². The van der Waals surface area contributed by atoms with E-state index in [1.807, 2.05) is 6.92 Å². The number of aryl methyl sites for hydroxylation is 1. The van der Waals surface area contributed by atoms with E-state index in [1.165, 1.54) is 12.1 Å². The Morgan fingerprint density at radius 2 is 2.05 bits per heavy atom. The zero-order chi connectivity index (χ0) is 14.2. The molecule has 19 heavy (non-hydrogen) atoms. The first kappa shape index (κ1) is 14.3. The Kier molecular flexibility index (Phi) is 4.10. The van der Waals surface area contributed by atoms with Crippen molar-refractivity contribution in [2.24, 2.45) is 0 Å². The molecule has 2 rings (SSSR count). The average Bonchev–Trinajstić information content (AvgIpc) is 2.39. The third-order valence-corrected chi connectivity index (χ3v) is 3.84. The van der Waals surface area contributed by atoms with E-state index in [0.29, 0.717) is 28.1 Å². The van der Waals surface area contributed by atoms with Gasteiger partial charge in [0.2, 0.25) is 0 Å². The molecule has 100 valence electrons. The molecule has 0 bridgehead atoms. The Morgan fingerprint density at radius 3 is 2.68 bits per heavy atom. The van der Waals surface area contributed by atoms with Gasteiger partial charge in [0.05, 0.1) is 15.7 Å². The van der Waals surface area contributed by atoms with Crippen LogP contribution in [0.2, 0.25) is 0 Å². The molecular weight excluding hydrogens is 334 g/mol. The van der Waals surface area contributed by atoms with Crippen molar-refractivity contribution < 1.29 is 8.78 Å². The molecule has 2 aromatic rings. The highest BCUT2D eigenvalue weighted by Crippen LogP contribution is 2.31. The Balaban J connectivity index is 2.83. The van der Waals surface area contributed by atoms with Gasteiger partial charge >= 0.3 is 0 Å². The number of benzene rings is 1. The lowest BCUT2D eigenvalue weighted by molar-refractivity contribution is 0.583. The van der Waals surface area contributed by atoms with E-state index < -0.39 is 11.6 Å². The van der Waals surface area contributed by atoms with Gasteiger partial charge in [0.1, 0.15) is 22.1 Å². The summed E-state index contributed by atoms with van der Waals surface area (Å²) in [5.41, 5.74) is 0.784. The number of rotatable bonds is 2. The van der Waals surface area contributed by atoms with Gasteiger partial charge in [0, 0.05) is 12.0 Å². The molecule has 0 spiro atoms. The second kappa shape index (κ2) is 5.46. The van der Waals surface area contributed by atoms with Crippen LogP contribution in [0.3, 0.4) is 0 Å². The summed E-state index contributed by atoms with van der Waals surface area (Å²) in [6, 6.07) is 2.55. The zero-order valence-corrected chi connectivity index (χ0v) is 12.8. The maximum atomic E-state index is 14.1. The summed E-state index contributed by atoms with van der Waals surface area (Å²) in [4.78, 5) is 7.11. The number of aromatic amines is 1. The first-order valence-electron chi connectivity index (χ1n) is 5.69. The Labute approximate surface area is 123 Å². The summed E-state index contributed by atoms with van der Waals surface area (Å²) in [7, 11) is 0. The minimum Gasteiger partial charge on any atom is -0.343 e. The van der Waals surface area contributed by atoms with Gasteiger partial charge in [-0.05, 0) is 35.0 Å². The second-order valence-corrected chi connectivity index (χ2v) is 5.30. The predicted octanol–water partition coefficient (Wildman–Crippen LogP) is 4.72. The highest BCUT2D eigenvalue weighted by atomic mass is 79.9. The normalized spacial score (nSPS) is 10.8. The van der Waals surface area contributed by atoms with E-state index in [9.17, 15) is 8.78 Å². The predicted molar refractivity (Wildman–Crippen MR) is 76.6 cm³/mol. The van der Waals surface area contributed by atoms with E-state index in [-0.39, 0.29) is 10.0 Å². The third kappa shape index (κ3) is 2.60. The summed E-state index contributed by atoms with van der Waals surface area (Å²) < 4.78 is 28.6. The summed E-state index contributed by atoms with van der Waals surface area (Å²) in [6.45, 7) is 3.58. The van der Waals surface area contributed by atoms with Crippen molar-refractivity contribution in [2.75, 3.05) is 0 Å². The van der Waals surface area contributed by atoms with Crippen LogP contribution in [0.25, 0.3) is 11.3 Å². The number of aromatic nitrogens is 2. The Hall–Kier alpha value is -1.14. The summed E-state index contributed by atoms with van der Waals surface area (Å²) >= 11 is 8.19. The van der Waals surface area contributed by atoms with Crippen LogP contribution in [0.15, 0.2) is 16.6 Å². The molecule has 6 heteroatoms. The van der Waals surface area contributed by atoms with Crippen molar-refractivity contribution in [2.45, 2.75) is 20.3 Å². The van der Waals surface area contributed by atoms with Crippen LogP contribution in [0.1, 0.15) is 18.3 Å². The van der Waals surface area contributed by atoms with E-state index >= 15 is 0 Å². The second-order valence-electron chi connectivity index (χ2n) is 4.06. The van der Waals surface area contributed by atoms with Crippen LogP contribution in [0.5, 0.6) is 0 Å². The number of H-pyrrole nitrogens is 1. The van der Waals surface area contributed by atoms with Crippen molar-refractivity contribution in [3.63, 3.8) is 0 Å². The molecule has 0 saturated carbocycles. The molecule has 2 nitrogen and oxygen atoms in total. The molecule has 0 fully saturated rings. The van der Waals surface area contributed by atoms with Crippen LogP contribution in [-0.4, -0.2) is 9.97 Å².